The molecule has 5 heteroatoms. The van der Waals surface area contributed by atoms with Crippen LogP contribution in [0.3, 0.4) is 0 Å². The van der Waals surface area contributed by atoms with Crippen LogP contribution < -0.4 is 9.47 Å². The third-order valence-electron chi connectivity index (χ3n) is 4.48. The first-order valence-corrected chi connectivity index (χ1v) is 8.21. The summed E-state index contributed by atoms with van der Waals surface area (Å²) in [6.07, 6.45) is 3.17. The average Bonchev–Trinajstić information content (AvgIpc) is 3.30. The van der Waals surface area contributed by atoms with Gasteiger partial charge in [-0.05, 0) is 36.8 Å². The summed E-state index contributed by atoms with van der Waals surface area (Å²) in [6, 6.07) is 14.4. The maximum absolute atomic E-state index is 5.49. The maximum atomic E-state index is 5.49. The van der Waals surface area contributed by atoms with Crippen LogP contribution in [-0.4, -0.2) is 20.7 Å². The molecule has 0 bridgehead atoms. The second-order valence-corrected chi connectivity index (χ2v) is 6.00. The van der Waals surface area contributed by atoms with Gasteiger partial charge in [0.2, 0.25) is 12.6 Å². The molecular weight excluding hydrogens is 302 g/mol. The molecule has 0 unspecified atom stereocenters. The van der Waals surface area contributed by atoms with E-state index in [0.717, 1.165) is 41.5 Å². The van der Waals surface area contributed by atoms with E-state index in [9.17, 15) is 0 Å². The summed E-state index contributed by atoms with van der Waals surface area (Å²) >= 11 is 0. The van der Waals surface area contributed by atoms with Crippen molar-refractivity contribution in [3.63, 3.8) is 0 Å². The standard InChI is InChI=1S/C19H17N3O2/c1-2-9-21-15-5-3-4-6-16(15)22-11-14(20-19(21)22)13-7-8-17-18(10-13)24-12-23-17/h3-8,10-11H,2,9,12H2,1H3. The summed E-state index contributed by atoms with van der Waals surface area (Å²) < 4.78 is 15.3. The molecule has 1 aliphatic heterocycles. The second kappa shape index (κ2) is 5.03. The molecule has 3 heterocycles. The quantitative estimate of drug-likeness (QED) is 0.571. The zero-order valence-corrected chi connectivity index (χ0v) is 13.4. The zero-order chi connectivity index (χ0) is 16.1. The molecule has 0 spiro atoms. The number of nitrogens with zero attached hydrogens (tertiary/aromatic N) is 3. The predicted octanol–water partition coefficient (Wildman–Crippen LogP) is 4.09. The van der Waals surface area contributed by atoms with Gasteiger partial charge in [0.1, 0.15) is 0 Å². The van der Waals surface area contributed by atoms with Crippen molar-refractivity contribution >= 4 is 16.8 Å². The molecule has 24 heavy (non-hydrogen) atoms. The van der Waals surface area contributed by atoms with Gasteiger partial charge in [-0.25, -0.2) is 4.98 Å². The van der Waals surface area contributed by atoms with E-state index in [1.54, 1.807) is 0 Å². The molecule has 2 aromatic heterocycles. The molecule has 0 aliphatic carbocycles. The molecule has 4 aromatic rings. The Hall–Kier alpha value is -2.95. The predicted molar refractivity (Wildman–Crippen MR) is 92.5 cm³/mol. The number of para-hydroxylation sites is 2. The summed E-state index contributed by atoms with van der Waals surface area (Å²) in [5.41, 5.74) is 4.38. The van der Waals surface area contributed by atoms with E-state index >= 15 is 0 Å². The van der Waals surface area contributed by atoms with Gasteiger partial charge in [0.25, 0.3) is 0 Å². The van der Waals surface area contributed by atoms with Crippen molar-refractivity contribution in [1.82, 2.24) is 14.0 Å². The van der Waals surface area contributed by atoms with Crippen molar-refractivity contribution < 1.29 is 9.47 Å². The number of aryl methyl sites for hydroxylation is 1. The Morgan fingerprint density at radius 3 is 2.75 bits per heavy atom. The SMILES string of the molecule is CCCn1c2ccccc2n2cc(-c3ccc4c(c3)OCO4)nc12. The second-order valence-electron chi connectivity index (χ2n) is 6.00. The Morgan fingerprint density at radius 1 is 1.04 bits per heavy atom. The first-order valence-electron chi connectivity index (χ1n) is 8.21. The fourth-order valence-corrected chi connectivity index (χ4v) is 3.38. The molecule has 0 saturated heterocycles. The number of benzene rings is 2. The van der Waals surface area contributed by atoms with Crippen LogP contribution >= 0.6 is 0 Å². The fraction of sp³-hybridized carbons (Fsp3) is 0.211. The van der Waals surface area contributed by atoms with Crippen molar-refractivity contribution in [3.05, 3.63) is 48.7 Å². The lowest BCUT2D eigenvalue weighted by Crippen LogP contribution is -1.97. The van der Waals surface area contributed by atoms with E-state index in [2.05, 4.69) is 46.4 Å². The van der Waals surface area contributed by atoms with Gasteiger partial charge in [-0.2, -0.15) is 0 Å². The summed E-state index contributed by atoms with van der Waals surface area (Å²) in [4.78, 5) is 4.89. The first kappa shape index (κ1) is 13.5. The van der Waals surface area contributed by atoms with E-state index in [0.29, 0.717) is 0 Å². The highest BCUT2D eigenvalue weighted by Crippen LogP contribution is 2.36. The topological polar surface area (TPSA) is 40.7 Å². The normalized spacial score (nSPS) is 13.2. The summed E-state index contributed by atoms with van der Waals surface area (Å²) in [7, 11) is 0. The minimum atomic E-state index is 0.288. The Labute approximate surface area is 139 Å². The van der Waals surface area contributed by atoms with Crippen LogP contribution in [0, 0.1) is 0 Å². The van der Waals surface area contributed by atoms with Crippen LogP contribution in [0.15, 0.2) is 48.7 Å². The van der Waals surface area contributed by atoms with Gasteiger partial charge >= 0.3 is 0 Å². The largest absolute Gasteiger partial charge is 0.454 e. The number of fused-ring (bicyclic) bond motifs is 4. The number of ether oxygens (including phenoxy) is 2. The van der Waals surface area contributed by atoms with Crippen molar-refractivity contribution in [3.8, 4) is 22.8 Å². The lowest BCUT2D eigenvalue weighted by Gasteiger charge is -2.02. The summed E-state index contributed by atoms with van der Waals surface area (Å²) in [5, 5.41) is 0. The van der Waals surface area contributed by atoms with Gasteiger partial charge in [0, 0.05) is 18.3 Å². The van der Waals surface area contributed by atoms with E-state index in [1.165, 1.54) is 11.0 Å². The summed E-state index contributed by atoms with van der Waals surface area (Å²) in [6.45, 7) is 3.43. The molecule has 0 atom stereocenters. The van der Waals surface area contributed by atoms with Gasteiger partial charge < -0.3 is 14.0 Å². The van der Waals surface area contributed by atoms with Crippen molar-refractivity contribution in [2.45, 2.75) is 19.9 Å². The molecule has 5 rings (SSSR count). The number of hydrogen-bond acceptors (Lipinski definition) is 3. The highest BCUT2D eigenvalue weighted by molar-refractivity contribution is 5.82. The average molecular weight is 319 g/mol. The zero-order valence-electron chi connectivity index (χ0n) is 13.4. The van der Waals surface area contributed by atoms with Crippen LogP contribution in [0.2, 0.25) is 0 Å². The molecule has 5 nitrogen and oxygen atoms in total. The molecular formula is C19H17N3O2. The molecule has 1 aliphatic rings. The fourth-order valence-electron chi connectivity index (χ4n) is 3.38. The van der Waals surface area contributed by atoms with E-state index < -0.39 is 0 Å². The number of imidazole rings is 2. The third kappa shape index (κ3) is 1.84. The Balaban J connectivity index is 1.72. The molecule has 0 amide bonds. The monoisotopic (exact) mass is 319 g/mol. The van der Waals surface area contributed by atoms with Crippen LogP contribution in [0.1, 0.15) is 13.3 Å². The Kier molecular flexibility index (Phi) is 2.82. The molecule has 0 radical (unpaired) electrons. The number of aromatic nitrogens is 3. The lowest BCUT2D eigenvalue weighted by atomic mass is 10.1. The van der Waals surface area contributed by atoms with Crippen molar-refractivity contribution in [2.75, 3.05) is 6.79 Å². The minimum Gasteiger partial charge on any atom is -0.454 e. The van der Waals surface area contributed by atoms with Gasteiger partial charge in [0.15, 0.2) is 11.5 Å². The third-order valence-corrected chi connectivity index (χ3v) is 4.48. The van der Waals surface area contributed by atoms with E-state index in [1.807, 2.05) is 18.2 Å². The molecule has 120 valence electrons. The van der Waals surface area contributed by atoms with Crippen LogP contribution in [0.25, 0.3) is 28.1 Å². The van der Waals surface area contributed by atoms with Crippen molar-refractivity contribution in [1.29, 1.82) is 0 Å². The summed E-state index contributed by atoms with van der Waals surface area (Å²) in [5.74, 6) is 2.56. The van der Waals surface area contributed by atoms with Crippen molar-refractivity contribution in [2.24, 2.45) is 0 Å². The smallest absolute Gasteiger partial charge is 0.231 e. The molecule has 0 N–H and O–H groups in total. The first-order chi connectivity index (χ1) is 11.8. The van der Waals surface area contributed by atoms with Gasteiger partial charge in [-0.15, -0.1) is 0 Å². The highest BCUT2D eigenvalue weighted by Gasteiger charge is 2.17. The van der Waals surface area contributed by atoms with Crippen LogP contribution in [0.4, 0.5) is 0 Å². The van der Waals surface area contributed by atoms with E-state index in [4.69, 9.17) is 14.5 Å². The molecule has 0 fully saturated rings. The molecule has 0 saturated carbocycles. The van der Waals surface area contributed by atoms with Crippen LogP contribution in [-0.2, 0) is 6.54 Å². The number of hydrogen-bond donors (Lipinski definition) is 0. The minimum absolute atomic E-state index is 0.288. The highest BCUT2D eigenvalue weighted by atomic mass is 16.7. The maximum Gasteiger partial charge on any atom is 0.231 e. The van der Waals surface area contributed by atoms with E-state index in [-0.39, 0.29) is 6.79 Å². The number of rotatable bonds is 3. The Morgan fingerprint density at radius 2 is 1.88 bits per heavy atom. The molecule has 2 aromatic carbocycles. The lowest BCUT2D eigenvalue weighted by molar-refractivity contribution is 0.174. The Bertz CT molecular complexity index is 1060. The van der Waals surface area contributed by atoms with Crippen LogP contribution in [0.5, 0.6) is 11.5 Å². The van der Waals surface area contributed by atoms with Gasteiger partial charge in [-0.3, -0.25) is 4.40 Å². The van der Waals surface area contributed by atoms with Gasteiger partial charge in [0.05, 0.1) is 16.7 Å². The van der Waals surface area contributed by atoms with Gasteiger partial charge in [-0.1, -0.05) is 19.1 Å².